The summed E-state index contributed by atoms with van der Waals surface area (Å²) in [6, 6.07) is 8.19. The number of aromatic nitrogens is 1. The molecule has 2 aromatic heterocycles. The lowest BCUT2D eigenvalue weighted by atomic mass is 9.96. The van der Waals surface area contributed by atoms with Crippen molar-refractivity contribution in [3.05, 3.63) is 53.2 Å². The van der Waals surface area contributed by atoms with Gasteiger partial charge in [0.25, 0.3) is 0 Å². The summed E-state index contributed by atoms with van der Waals surface area (Å²) < 4.78 is 4.99. The second kappa shape index (κ2) is 4.81. The first-order valence-corrected chi connectivity index (χ1v) is 5.19. The van der Waals surface area contributed by atoms with Crippen molar-refractivity contribution < 1.29 is 9.21 Å². The summed E-state index contributed by atoms with van der Waals surface area (Å²) >= 11 is 5.58. The van der Waals surface area contributed by atoms with E-state index in [0.717, 1.165) is 0 Å². The molecule has 17 heavy (non-hydrogen) atoms. The maximum atomic E-state index is 12.0. The van der Waals surface area contributed by atoms with Gasteiger partial charge in [-0.1, -0.05) is 6.07 Å². The highest BCUT2D eigenvalue weighted by Crippen LogP contribution is 2.22. The molecule has 4 nitrogen and oxygen atoms in total. The summed E-state index contributed by atoms with van der Waals surface area (Å²) in [6.07, 6.45) is 3.06. The summed E-state index contributed by atoms with van der Waals surface area (Å²) in [5, 5.41) is 9.17. The monoisotopic (exact) mass is 246 g/mol. The van der Waals surface area contributed by atoms with E-state index in [9.17, 15) is 4.79 Å². The Bertz CT molecular complexity index is 572. The molecule has 2 rings (SSSR count). The van der Waals surface area contributed by atoms with Crippen LogP contribution in [-0.4, -0.2) is 10.8 Å². The summed E-state index contributed by atoms with van der Waals surface area (Å²) in [5.41, 5.74) is 0.535. The maximum absolute atomic E-state index is 12.0. The number of furan rings is 1. The SMILES string of the molecule is N#CC(C(=O)c1ccc(Cl)o1)c1cccnc1. The first kappa shape index (κ1) is 11.4. The zero-order valence-electron chi connectivity index (χ0n) is 8.63. The lowest BCUT2D eigenvalue weighted by Gasteiger charge is -2.05. The molecule has 2 heterocycles. The Morgan fingerprint density at radius 3 is 2.82 bits per heavy atom. The highest BCUT2D eigenvalue weighted by molar-refractivity contribution is 6.29. The van der Waals surface area contributed by atoms with E-state index in [1.165, 1.54) is 18.3 Å². The molecule has 0 saturated heterocycles. The Morgan fingerprint density at radius 1 is 1.47 bits per heavy atom. The predicted molar refractivity (Wildman–Crippen MR) is 60.6 cm³/mol. The van der Waals surface area contributed by atoms with Crippen LogP contribution in [0.2, 0.25) is 5.22 Å². The Hall–Kier alpha value is -2.12. The van der Waals surface area contributed by atoms with Gasteiger partial charge in [-0.3, -0.25) is 9.78 Å². The third-order valence-corrected chi connectivity index (χ3v) is 2.43. The molecule has 2 aromatic rings. The molecule has 5 heteroatoms. The molecule has 0 fully saturated rings. The third-order valence-electron chi connectivity index (χ3n) is 2.23. The van der Waals surface area contributed by atoms with Gasteiger partial charge in [0.1, 0.15) is 5.92 Å². The number of nitrogens with zero attached hydrogens (tertiary/aromatic N) is 2. The minimum Gasteiger partial charge on any atom is -0.442 e. The average Bonchev–Trinajstić information content (AvgIpc) is 2.78. The number of carbonyl (C=O) groups excluding carboxylic acids is 1. The first-order chi connectivity index (χ1) is 8.22. The Morgan fingerprint density at radius 2 is 2.29 bits per heavy atom. The van der Waals surface area contributed by atoms with Crippen molar-refractivity contribution in [2.75, 3.05) is 0 Å². The quantitative estimate of drug-likeness (QED) is 0.781. The summed E-state index contributed by atoms with van der Waals surface area (Å²) in [5.74, 6) is -1.27. The minimum absolute atomic E-state index is 0.0744. The fourth-order valence-corrected chi connectivity index (χ4v) is 1.57. The van der Waals surface area contributed by atoms with Crippen molar-refractivity contribution in [2.24, 2.45) is 0 Å². The van der Waals surface area contributed by atoms with Gasteiger partial charge < -0.3 is 4.42 Å². The highest BCUT2D eigenvalue weighted by atomic mass is 35.5. The molecule has 0 bridgehead atoms. The fourth-order valence-electron chi connectivity index (χ4n) is 1.42. The number of halogens is 1. The van der Waals surface area contributed by atoms with Crippen LogP contribution in [0.15, 0.2) is 41.1 Å². The van der Waals surface area contributed by atoms with Crippen LogP contribution in [0, 0.1) is 11.3 Å². The molecule has 0 saturated carbocycles. The normalized spacial score (nSPS) is 11.8. The number of carbonyl (C=O) groups is 1. The number of hydrogen-bond acceptors (Lipinski definition) is 4. The Balaban J connectivity index is 2.32. The molecule has 84 valence electrons. The molecule has 0 aromatic carbocycles. The van der Waals surface area contributed by atoms with Gasteiger partial charge in [0.2, 0.25) is 5.78 Å². The molecule has 0 aliphatic heterocycles. The van der Waals surface area contributed by atoms with Crippen LogP contribution in [0.4, 0.5) is 0 Å². The molecule has 0 aliphatic rings. The number of pyridine rings is 1. The predicted octanol–water partition coefficient (Wildman–Crippen LogP) is 2.82. The molecule has 0 radical (unpaired) electrons. The second-order valence-corrected chi connectivity index (χ2v) is 3.69. The number of nitriles is 1. The van der Waals surface area contributed by atoms with Gasteiger partial charge >= 0.3 is 0 Å². The summed E-state index contributed by atoms with van der Waals surface area (Å²) in [7, 11) is 0. The first-order valence-electron chi connectivity index (χ1n) is 4.81. The standard InChI is InChI=1S/C12H7ClN2O2/c13-11-4-3-10(17-11)12(16)9(6-14)8-2-1-5-15-7-8/h1-5,7,9H. The van der Waals surface area contributed by atoms with E-state index in [-0.39, 0.29) is 11.0 Å². The molecular weight excluding hydrogens is 240 g/mol. The summed E-state index contributed by atoms with van der Waals surface area (Å²) in [4.78, 5) is 15.9. The number of hydrogen-bond donors (Lipinski definition) is 0. The maximum Gasteiger partial charge on any atom is 0.219 e. The Labute approximate surface area is 102 Å². The van der Waals surface area contributed by atoms with Gasteiger partial charge in [0.15, 0.2) is 11.0 Å². The van der Waals surface area contributed by atoms with Crippen LogP contribution >= 0.6 is 11.6 Å². The molecule has 0 spiro atoms. The molecule has 0 amide bonds. The van der Waals surface area contributed by atoms with Crippen molar-refractivity contribution >= 4 is 17.4 Å². The molecule has 1 atom stereocenters. The number of Topliss-reactive ketones (excluding diaryl/α,β-unsaturated/α-hetero) is 1. The molecule has 0 aliphatic carbocycles. The van der Waals surface area contributed by atoms with Crippen LogP contribution in [0.3, 0.4) is 0 Å². The van der Waals surface area contributed by atoms with Crippen LogP contribution in [0.5, 0.6) is 0 Å². The smallest absolute Gasteiger partial charge is 0.219 e. The van der Waals surface area contributed by atoms with E-state index >= 15 is 0 Å². The fraction of sp³-hybridized carbons (Fsp3) is 0.0833. The number of ketones is 1. The van der Waals surface area contributed by atoms with E-state index in [4.69, 9.17) is 21.3 Å². The Kier molecular flexibility index (Phi) is 3.22. The lowest BCUT2D eigenvalue weighted by Crippen LogP contribution is -2.10. The van der Waals surface area contributed by atoms with E-state index in [2.05, 4.69) is 4.98 Å². The molecule has 1 unspecified atom stereocenters. The van der Waals surface area contributed by atoms with Crippen LogP contribution in [-0.2, 0) is 0 Å². The van der Waals surface area contributed by atoms with Crippen LogP contribution in [0.1, 0.15) is 22.0 Å². The summed E-state index contributed by atoms with van der Waals surface area (Å²) in [6.45, 7) is 0. The minimum atomic E-state index is -0.925. The van der Waals surface area contributed by atoms with Crippen molar-refractivity contribution in [3.63, 3.8) is 0 Å². The van der Waals surface area contributed by atoms with Crippen LogP contribution in [0.25, 0.3) is 0 Å². The topological polar surface area (TPSA) is 66.9 Å². The zero-order valence-corrected chi connectivity index (χ0v) is 9.39. The van der Waals surface area contributed by atoms with Crippen molar-refractivity contribution in [3.8, 4) is 6.07 Å². The second-order valence-electron chi connectivity index (χ2n) is 3.32. The van der Waals surface area contributed by atoms with Gasteiger partial charge in [-0.15, -0.1) is 0 Å². The van der Waals surface area contributed by atoms with E-state index in [1.54, 1.807) is 18.3 Å². The van der Waals surface area contributed by atoms with Crippen molar-refractivity contribution in [2.45, 2.75) is 5.92 Å². The van der Waals surface area contributed by atoms with E-state index in [1.807, 2.05) is 6.07 Å². The lowest BCUT2D eigenvalue weighted by molar-refractivity contribution is 0.0952. The highest BCUT2D eigenvalue weighted by Gasteiger charge is 2.24. The van der Waals surface area contributed by atoms with Crippen molar-refractivity contribution in [1.82, 2.24) is 4.98 Å². The van der Waals surface area contributed by atoms with Gasteiger partial charge in [-0.25, -0.2) is 0 Å². The zero-order chi connectivity index (χ0) is 12.3. The van der Waals surface area contributed by atoms with Crippen LogP contribution < -0.4 is 0 Å². The van der Waals surface area contributed by atoms with Gasteiger partial charge in [0, 0.05) is 12.4 Å². The molecule has 0 N–H and O–H groups in total. The van der Waals surface area contributed by atoms with Gasteiger partial charge in [0.05, 0.1) is 6.07 Å². The van der Waals surface area contributed by atoms with Crippen molar-refractivity contribution in [1.29, 1.82) is 5.26 Å². The van der Waals surface area contributed by atoms with Gasteiger partial charge in [-0.05, 0) is 35.4 Å². The van der Waals surface area contributed by atoms with Gasteiger partial charge in [-0.2, -0.15) is 5.26 Å². The third kappa shape index (κ3) is 2.35. The largest absolute Gasteiger partial charge is 0.442 e. The number of rotatable bonds is 3. The van der Waals surface area contributed by atoms with E-state index < -0.39 is 11.7 Å². The molecular formula is C12H7ClN2O2. The average molecular weight is 247 g/mol. The van der Waals surface area contributed by atoms with E-state index in [0.29, 0.717) is 5.56 Å².